The fourth-order valence-electron chi connectivity index (χ4n) is 4.80. The fourth-order valence-corrected chi connectivity index (χ4v) is 5.08. The molecule has 1 aliphatic carbocycles. The second-order valence-corrected chi connectivity index (χ2v) is 9.71. The molecule has 1 aromatic carbocycles. The third-order valence-corrected chi connectivity index (χ3v) is 6.50. The summed E-state index contributed by atoms with van der Waals surface area (Å²) in [5, 5.41) is 3.42. The lowest BCUT2D eigenvalue weighted by molar-refractivity contribution is -0.142. The Balaban J connectivity index is 1.78. The molecule has 1 saturated heterocycles. The van der Waals surface area contributed by atoms with E-state index in [9.17, 15) is 9.59 Å². The van der Waals surface area contributed by atoms with Crippen molar-refractivity contribution in [1.29, 1.82) is 0 Å². The van der Waals surface area contributed by atoms with Gasteiger partial charge in [-0.15, -0.1) is 0 Å². The Hall–Kier alpha value is -2.18. The predicted molar refractivity (Wildman–Crippen MR) is 115 cm³/mol. The highest BCUT2D eigenvalue weighted by atomic mass is 35.5. The summed E-state index contributed by atoms with van der Waals surface area (Å²) in [5.41, 5.74) is 1.79. The first-order valence-electron chi connectivity index (χ1n) is 10.6. The van der Waals surface area contributed by atoms with Crippen molar-refractivity contribution in [1.82, 2.24) is 5.32 Å². The van der Waals surface area contributed by atoms with Crippen LogP contribution in [0, 0.1) is 11.2 Å². The minimum atomic E-state index is -0.912. The van der Waals surface area contributed by atoms with E-state index in [-0.39, 0.29) is 40.1 Å². The van der Waals surface area contributed by atoms with Crippen molar-refractivity contribution < 1.29 is 23.5 Å². The molecule has 2 aliphatic heterocycles. The van der Waals surface area contributed by atoms with Crippen LogP contribution in [0.1, 0.15) is 57.9 Å². The first-order valence-corrected chi connectivity index (χ1v) is 11.0. The van der Waals surface area contributed by atoms with Crippen LogP contribution in [0.15, 0.2) is 40.7 Å². The first-order chi connectivity index (χ1) is 14.7. The normalized spacial score (nSPS) is 25.4. The van der Waals surface area contributed by atoms with Crippen molar-refractivity contribution in [3.63, 3.8) is 0 Å². The summed E-state index contributed by atoms with van der Waals surface area (Å²) in [6, 6.07) is 4.38. The van der Waals surface area contributed by atoms with Crippen LogP contribution in [0.2, 0.25) is 5.02 Å². The number of Topliss-reactive ketones (excluding diaryl/α,β-unsaturated/α-hetero) is 1. The summed E-state index contributed by atoms with van der Waals surface area (Å²) in [5.74, 6) is -2.17. The molecule has 31 heavy (non-hydrogen) atoms. The molecule has 1 aromatic rings. The van der Waals surface area contributed by atoms with E-state index in [0.717, 1.165) is 18.5 Å². The van der Waals surface area contributed by atoms with Crippen LogP contribution in [0.25, 0.3) is 0 Å². The van der Waals surface area contributed by atoms with Gasteiger partial charge in [0.15, 0.2) is 5.78 Å². The Bertz CT molecular complexity index is 971. The molecule has 0 aromatic heterocycles. The molecule has 0 amide bonds. The molecular formula is C24H27ClFNO4. The maximum Gasteiger partial charge on any atom is 0.336 e. The molecule has 0 bridgehead atoms. The minimum Gasteiger partial charge on any atom is -0.459 e. The monoisotopic (exact) mass is 447 g/mol. The number of allylic oxidation sites excluding steroid dienone is 3. The Morgan fingerprint density at radius 1 is 1.35 bits per heavy atom. The Morgan fingerprint density at radius 2 is 2.13 bits per heavy atom. The van der Waals surface area contributed by atoms with Gasteiger partial charge in [0.05, 0.1) is 17.6 Å². The van der Waals surface area contributed by atoms with E-state index < -0.39 is 17.7 Å². The summed E-state index contributed by atoms with van der Waals surface area (Å²) < 4.78 is 26.1. The van der Waals surface area contributed by atoms with Crippen LogP contribution in [-0.2, 0) is 19.1 Å². The first kappa shape index (κ1) is 22.0. The van der Waals surface area contributed by atoms with Gasteiger partial charge in [0, 0.05) is 40.6 Å². The van der Waals surface area contributed by atoms with Crippen molar-refractivity contribution in [2.75, 3.05) is 13.2 Å². The number of ketones is 1. The summed E-state index contributed by atoms with van der Waals surface area (Å²) in [4.78, 5) is 26.4. The quantitative estimate of drug-likeness (QED) is 0.671. The fraction of sp³-hybridized carbons (Fsp3) is 0.500. The van der Waals surface area contributed by atoms with E-state index in [2.05, 4.69) is 5.32 Å². The highest BCUT2D eigenvalue weighted by Gasteiger charge is 2.44. The molecule has 0 radical (unpaired) electrons. The Labute approximate surface area is 186 Å². The van der Waals surface area contributed by atoms with E-state index in [4.69, 9.17) is 21.1 Å². The summed E-state index contributed by atoms with van der Waals surface area (Å²) in [6.07, 6.45) is 2.55. The van der Waals surface area contributed by atoms with E-state index in [1.165, 1.54) is 12.1 Å². The molecule has 166 valence electrons. The molecule has 0 unspecified atom stereocenters. The lowest BCUT2D eigenvalue weighted by atomic mass is 9.68. The molecule has 3 aliphatic rings. The van der Waals surface area contributed by atoms with Gasteiger partial charge in [0.25, 0.3) is 0 Å². The molecule has 2 heterocycles. The Kier molecular flexibility index (Phi) is 5.97. The second-order valence-electron chi connectivity index (χ2n) is 9.30. The molecule has 4 rings (SSSR count). The average molecular weight is 448 g/mol. The number of esters is 1. The molecular weight excluding hydrogens is 421 g/mol. The van der Waals surface area contributed by atoms with Crippen LogP contribution in [-0.4, -0.2) is 31.1 Å². The van der Waals surface area contributed by atoms with Crippen molar-refractivity contribution in [2.24, 2.45) is 5.41 Å². The van der Waals surface area contributed by atoms with Gasteiger partial charge in [-0.1, -0.05) is 31.5 Å². The molecule has 5 nitrogen and oxygen atoms in total. The van der Waals surface area contributed by atoms with Crippen molar-refractivity contribution >= 4 is 23.4 Å². The highest BCUT2D eigenvalue weighted by Crippen LogP contribution is 2.48. The largest absolute Gasteiger partial charge is 0.459 e. The van der Waals surface area contributed by atoms with Gasteiger partial charge < -0.3 is 14.8 Å². The summed E-state index contributed by atoms with van der Waals surface area (Å²) in [7, 11) is 0. The van der Waals surface area contributed by atoms with E-state index in [0.29, 0.717) is 30.7 Å². The number of carbonyl (C=O) groups excluding carboxylic acids is 2. The third kappa shape index (κ3) is 4.28. The van der Waals surface area contributed by atoms with Crippen molar-refractivity contribution in [2.45, 2.75) is 58.5 Å². The van der Waals surface area contributed by atoms with Gasteiger partial charge in [-0.3, -0.25) is 4.79 Å². The third-order valence-electron chi connectivity index (χ3n) is 6.17. The van der Waals surface area contributed by atoms with Crippen LogP contribution >= 0.6 is 11.6 Å². The van der Waals surface area contributed by atoms with Crippen LogP contribution in [0.4, 0.5) is 4.39 Å². The molecule has 0 spiro atoms. The van der Waals surface area contributed by atoms with Gasteiger partial charge in [0.2, 0.25) is 0 Å². The molecule has 1 fully saturated rings. The number of hydrogen-bond donors (Lipinski definition) is 1. The van der Waals surface area contributed by atoms with Crippen LogP contribution in [0.5, 0.6) is 0 Å². The lowest BCUT2D eigenvalue weighted by Crippen LogP contribution is -2.39. The van der Waals surface area contributed by atoms with Gasteiger partial charge in [0.1, 0.15) is 12.4 Å². The number of halogens is 2. The maximum absolute atomic E-state index is 15.0. The van der Waals surface area contributed by atoms with E-state index >= 15 is 4.39 Å². The van der Waals surface area contributed by atoms with Crippen LogP contribution < -0.4 is 5.32 Å². The van der Waals surface area contributed by atoms with Crippen molar-refractivity contribution in [3.8, 4) is 0 Å². The number of nitrogens with one attached hydrogen (secondary N) is 1. The number of carbonyl (C=O) groups is 2. The molecule has 1 N–H and O–H groups in total. The standard InChI is InChI=1S/C24H27ClFNO4/c1-13-19(23(29)31-12-14-6-5-9-30-14)22(20-15(25)7-4-8-16(20)26)21-17(27-13)10-24(2,3)11-18(21)28/h4,7-8,14,22,27H,5-6,9-12H2,1-3H3/t14-,22+/m0/s1. The smallest absolute Gasteiger partial charge is 0.336 e. The van der Waals surface area contributed by atoms with E-state index in [1.54, 1.807) is 13.0 Å². The predicted octanol–water partition coefficient (Wildman–Crippen LogP) is 4.81. The second kappa shape index (κ2) is 8.40. The number of benzene rings is 1. The SMILES string of the molecule is CC1=C(C(=O)OC[C@@H]2CCCO2)[C@H](c2c(F)cccc2Cl)C2=C(CC(C)(C)CC2=O)N1. The van der Waals surface area contributed by atoms with Crippen molar-refractivity contribution in [3.05, 3.63) is 57.1 Å². The van der Waals surface area contributed by atoms with Gasteiger partial charge in [-0.05, 0) is 43.7 Å². The topological polar surface area (TPSA) is 64.6 Å². The Morgan fingerprint density at radius 3 is 2.81 bits per heavy atom. The summed E-state index contributed by atoms with van der Waals surface area (Å²) in [6.45, 7) is 6.57. The zero-order chi connectivity index (χ0) is 22.3. The number of hydrogen-bond acceptors (Lipinski definition) is 5. The molecule has 7 heteroatoms. The zero-order valence-electron chi connectivity index (χ0n) is 18.0. The number of ether oxygens (including phenoxy) is 2. The van der Waals surface area contributed by atoms with Gasteiger partial charge in [-0.2, -0.15) is 0 Å². The van der Waals surface area contributed by atoms with Crippen LogP contribution in [0.3, 0.4) is 0 Å². The number of rotatable bonds is 4. The maximum atomic E-state index is 15.0. The van der Waals surface area contributed by atoms with E-state index in [1.807, 2.05) is 13.8 Å². The number of dihydropyridines is 1. The van der Waals surface area contributed by atoms with Gasteiger partial charge >= 0.3 is 5.97 Å². The molecule has 2 atom stereocenters. The highest BCUT2D eigenvalue weighted by molar-refractivity contribution is 6.31. The lowest BCUT2D eigenvalue weighted by Gasteiger charge is -2.39. The summed E-state index contributed by atoms with van der Waals surface area (Å²) >= 11 is 6.41. The zero-order valence-corrected chi connectivity index (χ0v) is 18.8. The average Bonchev–Trinajstić information content (AvgIpc) is 3.18. The minimum absolute atomic E-state index is 0.111. The molecule has 0 saturated carbocycles. The van der Waals surface area contributed by atoms with Gasteiger partial charge in [-0.25, -0.2) is 9.18 Å².